The highest BCUT2D eigenvalue weighted by molar-refractivity contribution is 7.89. The van der Waals surface area contributed by atoms with E-state index in [0.717, 1.165) is 12.8 Å². The highest BCUT2D eigenvalue weighted by Crippen LogP contribution is 2.19. The third-order valence-corrected chi connectivity index (χ3v) is 7.57. The zero-order valence-electron chi connectivity index (χ0n) is 18.4. The van der Waals surface area contributed by atoms with Crippen molar-refractivity contribution < 1.29 is 13.2 Å². The van der Waals surface area contributed by atoms with Crippen molar-refractivity contribution in [2.45, 2.75) is 70.0 Å². The minimum absolute atomic E-state index is 0.0365. The van der Waals surface area contributed by atoms with Gasteiger partial charge in [0, 0.05) is 31.9 Å². The second-order valence-electron chi connectivity index (χ2n) is 7.87. The van der Waals surface area contributed by atoms with Crippen molar-refractivity contribution in [3.63, 3.8) is 0 Å². The van der Waals surface area contributed by atoms with Crippen molar-refractivity contribution in [1.82, 2.24) is 19.2 Å². The lowest BCUT2D eigenvalue weighted by Crippen LogP contribution is -2.47. The molecule has 1 aromatic rings. The maximum absolute atomic E-state index is 12.7. The molecule has 10 heteroatoms. The van der Waals surface area contributed by atoms with Gasteiger partial charge >= 0.3 is 0 Å². The molecule has 0 spiro atoms. The van der Waals surface area contributed by atoms with Crippen LogP contribution in [0.4, 0.5) is 5.82 Å². The number of hydrogen-bond donors (Lipinski definition) is 1. The molecule has 1 amide bonds. The largest absolute Gasteiger partial charge is 0.325 e. The van der Waals surface area contributed by atoms with Gasteiger partial charge in [-0.15, -0.1) is 0 Å². The average molecular weight is 437 g/mol. The molecular weight excluding hydrogens is 404 g/mol. The molecule has 1 N–H and O–H groups in total. The number of nitriles is 1. The second-order valence-corrected chi connectivity index (χ2v) is 9.86. The number of anilines is 1. The van der Waals surface area contributed by atoms with Gasteiger partial charge in [0.15, 0.2) is 0 Å². The number of hydrazine groups is 1. The average Bonchev–Trinajstić information content (AvgIpc) is 3.21. The number of amides is 1. The van der Waals surface area contributed by atoms with Crippen LogP contribution in [0.3, 0.4) is 0 Å². The molecule has 1 aromatic heterocycles. The molecule has 1 fully saturated rings. The Balaban J connectivity index is 2.13. The Bertz CT molecular complexity index is 866. The lowest BCUT2D eigenvalue weighted by atomic mass is 10.2. The van der Waals surface area contributed by atoms with Gasteiger partial charge in [-0.05, 0) is 52.2 Å². The predicted molar refractivity (Wildman–Crippen MR) is 115 cm³/mol. The smallest absolute Gasteiger partial charge is 0.244 e. The molecule has 0 saturated carbocycles. The summed E-state index contributed by atoms with van der Waals surface area (Å²) in [6, 6.07) is 4.80. The maximum atomic E-state index is 12.7. The lowest BCUT2D eigenvalue weighted by Gasteiger charge is -2.31. The number of likely N-dealkylation sites (tertiary alicyclic amines) is 1. The Morgan fingerprint density at radius 3 is 2.63 bits per heavy atom. The molecule has 0 aliphatic carbocycles. The summed E-state index contributed by atoms with van der Waals surface area (Å²) in [6.45, 7) is 8.31. The van der Waals surface area contributed by atoms with Crippen LogP contribution in [0, 0.1) is 11.3 Å². The summed E-state index contributed by atoms with van der Waals surface area (Å²) in [7, 11) is -2.07. The number of sulfonamides is 1. The van der Waals surface area contributed by atoms with E-state index in [9.17, 15) is 18.5 Å². The molecule has 30 heavy (non-hydrogen) atoms. The Labute approximate surface area is 179 Å². The Kier molecular flexibility index (Phi) is 8.18. The van der Waals surface area contributed by atoms with Gasteiger partial charge in [-0.25, -0.2) is 18.4 Å². The molecule has 1 saturated heterocycles. The van der Waals surface area contributed by atoms with Crippen LogP contribution in [-0.2, 0) is 14.8 Å². The molecule has 2 rings (SSSR count). The van der Waals surface area contributed by atoms with Crippen molar-refractivity contribution in [2.24, 2.45) is 0 Å². The van der Waals surface area contributed by atoms with E-state index in [1.54, 1.807) is 29.8 Å². The van der Waals surface area contributed by atoms with Gasteiger partial charge in [-0.2, -0.15) is 9.57 Å². The maximum Gasteiger partial charge on any atom is 0.244 e. The Hall–Kier alpha value is -2.22. The molecule has 2 heterocycles. The highest BCUT2D eigenvalue weighted by Gasteiger charge is 2.30. The van der Waals surface area contributed by atoms with Gasteiger partial charge in [0.25, 0.3) is 0 Å². The fourth-order valence-electron chi connectivity index (χ4n) is 3.15. The standard InChI is InChI=1S/C20H32N6O3S/c1-6-16(4)26(14-20(27)25-11-7-8-17(25)12-21)23-19-10-9-18(13-22-19)30(28,29)24(5)15(2)3/h9-10,13,15-17H,6-8,11,14H2,1-5H3,(H,22,23)/t16-,17?/m0/s1. The topological polar surface area (TPSA) is 110 Å². The van der Waals surface area contributed by atoms with Crippen molar-refractivity contribution in [3.05, 3.63) is 18.3 Å². The van der Waals surface area contributed by atoms with E-state index in [-0.39, 0.29) is 35.5 Å². The summed E-state index contributed by atoms with van der Waals surface area (Å²) >= 11 is 0. The van der Waals surface area contributed by atoms with Gasteiger partial charge in [0.2, 0.25) is 15.9 Å². The number of carbonyl (C=O) groups is 1. The van der Waals surface area contributed by atoms with E-state index in [2.05, 4.69) is 16.5 Å². The zero-order valence-corrected chi connectivity index (χ0v) is 19.2. The number of nitrogens with one attached hydrogen (secondary N) is 1. The van der Waals surface area contributed by atoms with Crippen LogP contribution in [0.5, 0.6) is 0 Å². The lowest BCUT2D eigenvalue weighted by molar-refractivity contribution is -0.132. The molecule has 0 aromatic carbocycles. The van der Waals surface area contributed by atoms with E-state index in [4.69, 9.17) is 0 Å². The summed E-state index contributed by atoms with van der Waals surface area (Å²) < 4.78 is 26.5. The molecule has 0 radical (unpaired) electrons. The second kappa shape index (κ2) is 10.2. The van der Waals surface area contributed by atoms with Crippen molar-refractivity contribution in [1.29, 1.82) is 5.26 Å². The molecule has 1 aliphatic rings. The van der Waals surface area contributed by atoms with Crippen molar-refractivity contribution in [2.75, 3.05) is 25.6 Å². The number of nitrogens with zero attached hydrogens (tertiary/aromatic N) is 5. The van der Waals surface area contributed by atoms with Crippen LogP contribution in [0.2, 0.25) is 0 Å². The van der Waals surface area contributed by atoms with Crippen molar-refractivity contribution in [3.8, 4) is 6.07 Å². The minimum Gasteiger partial charge on any atom is -0.325 e. The molecule has 2 atom stereocenters. The molecule has 1 unspecified atom stereocenters. The fourth-order valence-corrected chi connectivity index (χ4v) is 4.47. The summed E-state index contributed by atoms with van der Waals surface area (Å²) in [5.74, 6) is 0.345. The van der Waals surface area contributed by atoms with E-state index < -0.39 is 10.0 Å². The summed E-state index contributed by atoms with van der Waals surface area (Å²) in [4.78, 5) is 18.7. The molecule has 1 aliphatic heterocycles. The van der Waals surface area contributed by atoms with E-state index in [0.29, 0.717) is 18.8 Å². The van der Waals surface area contributed by atoms with Gasteiger partial charge in [0.1, 0.15) is 16.8 Å². The van der Waals surface area contributed by atoms with Crippen LogP contribution in [0.25, 0.3) is 0 Å². The van der Waals surface area contributed by atoms with Crippen LogP contribution in [-0.4, -0.2) is 71.8 Å². The SMILES string of the molecule is CC[C@H](C)N(CC(=O)N1CCCC1C#N)Nc1ccc(S(=O)(=O)N(C)C(C)C)cn1. The monoisotopic (exact) mass is 436 g/mol. The van der Waals surface area contributed by atoms with E-state index >= 15 is 0 Å². The van der Waals surface area contributed by atoms with Gasteiger partial charge in [0.05, 0.1) is 12.6 Å². The first-order chi connectivity index (χ1) is 14.1. The Morgan fingerprint density at radius 2 is 2.10 bits per heavy atom. The third-order valence-electron chi connectivity index (χ3n) is 5.55. The Morgan fingerprint density at radius 1 is 1.40 bits per heavy atom. The predicted octanol–water partition coefficient (Wildman–Crippen LogP) is 2.05. The van der Waals surface area contributed by atoms with E-state index in [1.807, 2.05) is 13.8 Å². The number of rotatable bonds is 9. The van der Waals surface area contributed by atoms with Crippen LogP contribution in [0.15, 0.2) is 23.2 Å². The van der Waals surface area contributed by atoms with Crippen LogP contribution < -0.4 is 5.43 Å². The number of aromatic nitrogens is 1. The normalized spacial score (nSPS) is 18.1. The quantitative estimate of drug-likeness (QED) is 0.590. The van der Waals surface area contributed by atoms with Gasteiger partial charge < -0.3 is 10.3 Å². The molecule has 166 valence electrons. The highest BCUT2D eigenvalue weighted by atomic mass is 32.2. The summed E-state index contributed by atoms with van der Waals surface area (Å²) in [5.41, 5.74) is 3.13. The number of carbonyl (C=O) groups excluding carboxylic acids is 1. The summed E-state index contributed by atoms with van der Waals surface area (Å²) in [6.07, 6.45) is 3.66. The van der Waals surface area contributed by atoms with Crippen LogP contribution >= 0.6 is 0 Å². The zero-order chi connectivity index (χ0) is 22.5. The number of pyridine rings is 1. The first kappa shape index (κ1) is 24.1. The first-order valence-corrected chi connectivity index (χ1v) is 11.7. The van der Waals surface area contributed by atoms with Crippen LogP contribution in [0.1, 0.15) is 47.0 Å². The first-order valence-electron chi connectivity index (χ1n) is 10.3. The summed E-state index contributed by atoms with van der Waals surface area (Å²) in [5, 5.41) is 11.0. The molecular formula is C20H32N6O3S. The molecule has 9 nitrogen and oxygen atoms in total. The van der Waals surface area contributed by atoms with Gasteiger partial charge in [-0.3, -0.25) is 4.79 Å². The van der Waals surface area contributed by atoms with Gasteiger partial charge in [-0.1, -0.05) is 6.92 Å². The fraction of sp³-hybridized carbons (Fsp3) is 0.650. The minimum atomic E-state index is -3.61. The number of hydrogen-bond acceptors (Lipinski definition) is 7. The third kappa shape index (κ3) is 5.47. The van der Waals surface area contributed by atoms with Crippen molar-refractivity contribution >= 4 is 21.7 Å². The van der Waals surface area contributed by atoms with E-state index in [1.165, 1.54) is 23.6 Å². The molecule has 0 bridgehead atoms.